The van der Waals surface area contributed by atoms with Crippen molar-refractivity contribution >= 4 is 23.2 Å². The first-order valence-corrected chi connectivity index (χ1v) is 11.4. The second-order valence-corrected chi connectivity index (χ2v) is 8.88. The summed E-state index contributed by atoms with van der Waals surface area (Å²) in [7, 11) is 0. The lowest BCUT2D eigenvalue weighted by Gasteiger charge is -2.18. The lowest BCUT2D eigenvalue weighted by Crippen LogP contribution is -2.29. The number of amides is 2. The Labute approximate surface area is 212 Å². The lowest BCUT2D eigenvalue weighted by molar-refractivity contribution is -0.137. The third-order valence-electron chi connectivity index (χ3n) is 6.29. The zero-order chi connectivity index (χ0) is 27.1. The van der Waals surface area contributed by atoms with Crippen LogP contribution in [-0.4, -0.2) is 37.4 Å². The van der Waals surface area contributed by atoms with Crippen molar-refractivity contribution in [3.8, 4) is 11.4 Å². The molecule has 2 aromatic heterocycles. The summed E-state index contributed by atoms with van der Waals surface area (Å²) >= 11 is 0. The number of benzene rings is 2. The van der Waals surface area contributed by atoms with E-state index >= 15 is 0 Å². The Kier molecular flexibility index (Phi) is 6.13. The normalized spacial score (nSPS) is 14.1. The van der Waals surface area contributed by atoms with Crippen molar-refractivity contribution in [2.24, 2.45) is 0 Å². The van der Waals surface area contributed by atoms with Crippen LogP contribution in [0.3, 0.4) is 0 Å². The van der Waals surface area contributed by atoms with Crippen LogP contribution in [0.4, 0.5) is 28.9 Å². The van der Waals surface area contributed by atoms with Crippen molar-refractivity contribution in [2.45, 2.75) is 31.4 Å². The quantitative estimate of drug-likeness (QED) is 0.315. The Balaban J connectivity index is 1.41. The summed E-state index contributed by atoms with van der Waals surface area (Å²) in [6, 6.07) is 10.0. The van der Waals surface area contributed by atoms with Gasteiger partial charge >= 0.3 is 6.18 Å². The number of tetrazole rings is 1. The van der Waals surface area contributed by atoms with E-state index in [1.54, 1.807) is 12.1 Å². The maximum atomic E-state index is 14.7. The van der Waals surface area contributed by atoms with Gasteiger partial charge in [-0.2, -0.15) is 13.2 Å². The summed E-state index contributed by atoms with van der Waals surface area (Å²) in [4.78, 5) is 30.3. The Morgan fingerprint density at radius 2 is 1.76 bits per heavy atom. The number of hydrogen-bond acceptors (Lipinski definition) is 6. The van der Waals surface area contributed by atoms with Gasteiger partial charge in [-0.25, -0.2) is 9.49 Å². The van der Waals surface area contributed by atoms with Gasteiger partial charge in [0.15, 0.2) is 5.82 Å². The van der Waals surface area contributed by atoms with Gasteiger partial charge < -0.3 is 10.6 Å². The minimum atomic E-state index is -4.70. The molecule has 1 aliphatic carbocycles. The number of carbonyl (C=O) groups excluding carboxylic acids is 2. The van der Waals surface area contributed by atoms with E-state index in [-0.39, 0.29) is 41.0 Å². The summed E-state index contributed by atoms with van der Waals surface area (Å²) < 4.78 is 53.5. The SMILES string of the molecule is Cc1ccc(NC(=O)c2ccc(NC(=O)C3(c4ccc(C(F)(F)F)cc4F)CC3)cc2-c2nnn[nH]2)cn1. The van der Waals surface area contributed by atoms with E-state index in [0.717, 1.165) is 17.8 Å². The van der Waals surface area contributed by atoms with Gasteiger partial charge in [0.1, 0.15) is 5.82 Å². The molecule has 2 amide bonds. The van der Waals surface area contributed by atoms with E-state index in [1.807, 2.05) is 6.92 Å². The summed E-state index contributed by atoms with van der Waals surface area (Å²) in [6.07, 6.45) is -2.66. The molecule has 0 saturated heterocycles. The number of halogens is 4. The Morgan fingerprint density at radius 1 is 1.00 bits per heavy atom. The number of anilines is 2. The van der Waals surface area contributed by atoms with Gasteiger partial charge in [0, 0.05) is 22.5 Å². The van der Waals surface area contributed by atoms with E-state index < -0.39 is 34.8 Å². The number of H-pyrrole nitrogens is 1. The van der Waals surface area contributed by atoms with Gasteiger partial charge in [-0.05, 0) is 72.7 Å². The number of aromatic amines is 1. The monoisotopic (exact) mass is 525 g/mol. The van der Waals surface area contributed by atoms with Crippen molar-refractivity contribution < 1.29 is 27.2 Å². The Morgan fingerprint density at radius 3 is 2.37 bits per heavy atom. The molecule has 1 aliphatic rings. The Bertz CT molecular complexity index is 1520. The van der Waals surface area contributed by atoms with Crippen molar-refractivity contribution in [3.05, 3.63) is 82.9 Å². The van der Waals surface area contributed by atoms with E-state index in [1.165, 1.54) is 24.4 Å². The van der Waals surface area contributed by atoms with Gasteiger partial charge in [-0.1, -0.05) is 6.07 Å². The van der Waals surface area contributed by atoms with Gasteiger partial charge in [-0.3, -0.25) is 14.6 Å². The molecular weight excluding hydrogens is 506 g/mol. The summed E-state index contributed by atoms with van der Waals surface area (Å²) in [5.74, 6) is -2.01. The molecule has 0 atom stereocenters. The van der Waals surface area contributed by atoms with Crippen molar-refractivity contribution in [3.63, 3.8) is 0 Å². The van der Waals surface area contributed by atoms with Crippen LogP contribution in [0.25, 0.3) is 11.4 Å². The number of rotatable bonds is 6. The van der Waals surface area contributed by atoms with Crippen LogP contribution in [0.1, 0.15) is 40.0 Å². The molecule has 3 N–H and O–H groups in total. The largest absolute Gasteiger partial charge is 0.416 e. The molecule has 2 aromatic carbocycles. The highest BCUT2D eigenvalue weighted by Crippen LogP contribution is 2.50. The van der Waals surface area contributed by atoms with Crippen LogP contribution < -0.4 is 10.6 Å². The number of hydrogen-bond donors (Lipinski definition) is 3. The fourth-order valence-corrected chi connectivity index (χ4v) is 4.10. The number of carbonyl (C=O) groups is 2. The molecule has 1 fully saturated rings. The van der Waals surface area contributed by atoms with Crippen LogP contribution >= 0.6 is 0 Å². The van der Waals surface area contributed by atoms with Gasteiger partial charge in [-0.15, -0.1) is 5.10 Å². The predicted octanol–water partition coefficient (Wildman–Crippen LogP) is 4.65. The van der Waals surface area contributed by atoms with Gasteiger partial charge in [0.05, 0.1) is 28.4 Å². The Hall–Kier alpha value is -4.68. The van der Waals surface area contributed by atoms with Crippen LogP contribution in [0.15, 0.2) is 54.7 Å². The molecule has 5 rings (SSSR count). The zero-order valence-corrected chi connectivity index (χ0v) is 19.7. The van der Waals surface area contributed by atoms with Crippen LogP contribution in [0.5, 0.6) is 0 Å². The van der Waals surface area contributed by atoms with Crippen molar-refractivity contribution in [1.82, 2.24) is 25.6 Å². The number of nitrogens with one attached hydrogen (secondary N) is 3. The van der Waals surface area contributed by atoms with Crippen LogP contribution in [0, 0.1) is 12.7 Å². The molecule has 194 valence electrons. The lowest BCUT2D eigenvalue weighted by atomic mass is 9.93. The minimum Gasteiger partial charge on any atom is -0.325 e. The maximum absolute atomic E-state index is 14.7. The highest BCUT2D eigenvalue weighted by atomic mass is 19.4. The molecule has 13 heteroatoms. The van der Waals surface area contributed by atoms with Gasteiger partial charge in [0.2, 0.25) is 5.91 Å². The average Bonchev–Trinajstić information content (AvgIpc) is 3.50. The maximum Gasteiger partial charge on any atom is 0.416 e. The molecule has 1 saturated carbocycles. The average molecular weight is 525 g/mol. The number of nitrogens with zero attached hydrogens (tertiary/aromatic N) is 4. The van der Waals surface area contributed by atoms with E-state index in [2.05, 4.69) is 36.2 Å². The fraction of sp³-hybridized carbons (Fsp3) is 0.200. The summed E-state index contributed by atoms with van der Waals surface area (Å²) in [5.41, 5.74) is -0.561. The first kappa shape index (κ1) is 25.0. The molecule has 4 aromatic rings. The number of aryl methyl sites for hydroxylation is 1. The second-order valence-electron chi connectivity index (χ2n) is 8.88. The summed E-state index contributed by atoms with van der Waals surface area (Å²) in [5, 5.41) is 18.9. The molecule has 38 heavy (non-hydrogen) atoms. The molecule has 9 nitrogen and oxygen atoms in total. The number of alkyl halides is 3. The predicted molar refractivity (Wildman–Crippen MR) is 127 cm³/mol. The molecule has 0 radical (unpaired) electrons. The smallest absolute Gasteiger partial charge is 0.325 e. The van der Waals surface area contributed by atoms with E-state index in [0.29, 0.717) is 11.8 Å². The molecule has 0 aliphatic heterocycles. The highest BCUT2D eigenvalue weighted by Gasteiger charge is 2.53. The topological polar surface area (TPSA) is 126 Å². The standard InChI is InChI=1S/C25H19F4N7O2/c1-13-2-4-16(12-30-13)31-22(37)17-6-5-15(11-18(17)21-33-35-36-34-21)32-23(38)24(8-9-24)19-7-3-14(10-20(19)26)25(27,28)29/h2-7,10-12H,8-9H2,1H3,(H,31,37)(H,32,38)(H,33,34,35,36). The second kappa shape index (κ2) is 9.32. The number of pyridine rings is 1. The van der Waals surface area contributed by atoms with E-state index in [9.17, 15) is 27.2 Å². The summed E-state index contributed by atoms with van der Waals surface area (Å²) in [6.45, 7) is 1.81. The van der Waals surface area contributed by atoms with E-state index in [4.69, 9.17) is 0 Å². The van der Waals surface area contributed by atoms with Crippen molar-refractivity contribution in [1.29, 1.82) is 0 Å². The third-order valence-corrected chi connectivity index (χ3v) is 6.29. The molecule has 0 bridgehead atoms. The number of aromatic nitrogens is 5. The first-order valence-electron chi connectivity index (χ1n) is 11.4. The van der Waals surface area contributed by atoms with Gasteiger partial charge in [0.25, 0.3) is 5.91 Å². The third kappa shape index (κ3) is 4.82. The minimum absolute atomic E-state index is 0.106. The molecule has 0 spiro atoms. The molecular formula is C25H19F4N7O2. The van der Waals surface area contributed by atoms with Crippen molar-refractivity contribution in [2.75, 3.05) is 10.6 Å². The molecule has 2 heterocycles. The highest BCUT2D eigenvalue weighted by molar-refractivity contribution is 6.09. The fourth-order valence-electron chi connectivity index (χ4n) is 4.10. The first-order chi connectivity index (χ1) is 18.1. The van der Waals surface area contributed by atoms with Crippen LogP contribution in [-0.2, 0) is 16.4 Å². The zero-order valence-electron chi connectivity index (χ0n) is 19.7. The molecule has 0 unspecified atom stereocenters. The van der Waals surface area contributed by atoms with Crippen LogP contribution in [0.2, 0.25) is 0 Å².